The Balaban J connectivity index is -0.000000247. The molecule has 0 rings (SSSR count). The van der Waals surface area contributed by atoms with E-state index in [4.69, 9.17) is 25.5 Å². The van der Waals surface area contributed by atoms with Gasteiger partial charge in [0.15, 0.2) is 0 Å². The molecule has 0 spiro atoms. The minimum Gasteiger partial charge on any atom is -0.481 e. The summed E-state index contributed by atoms with van der Waals surface area (Å²) in [4.78, 5) is 19.5. The number of carbonyl (C=O) groups is 2. The fraction of sp³-hybridized carbons (Fsp3) is 0.846. The number of aliphatic hydroxyl groups is 3. The zero-order valence-corrected chi connectivity index (χ0v) is 14.9. The van der Waals surface area contributed by atoms with Gasteiger partial charge >= 0.3 is 11.9 Å². The standard InChI is InChI=1S/C5H12O3.2C4H8O2S/c1-5(2-6,3-7)4-8;2*1-3(7)2-4(5)6/h6-8H,2-4H2,1H3;2*3,7H,2H2,1H3,(H,5,6). The van der Waals surface area contributed by atoms with Crippen LogP contribution in [0.4, 0.5) is 0 Å². The van der Waals surface area contributed by atoms with Crippen LogP contribution in [0.5, 0.6) is 0 Å². The van der Waals surface area contributed by atoms with Gasteiger partial charge in [-0.1, -0.05) is 20.8 Å². The van der Waals surface area contributed by atoms with E-state index in [1.54, 1.807) is 20.8 Å². The van der Waals surface area contributed by atoms with Crippen molar-refractivity contribution >= 4 is 37.2 Å². The molecule has 0 radical (unpaired) electrons. The molecule has 2 unspecified atom stereocenters. The molecule has 0 fully saturated rings. The Morgan fingerprint density at radius 3 is 1.09 bits per heavy atom. The van der Waals surface area contributed by atoms with E-state index in [9.17, 15) is 9.59 Å². The Hall–Kier alpha value is -0.480. The molecule has 0 amide bonds. The van der Waals surface area contributed by atoms with Crippen LogP contribution in [-0.4, -0.2) is 67.8 Å². The monoisotopic (exact) mass is 360 g/mol. The molecule has 0 bridgehead atoms. The molecule has 134 valence electrons. The van der Waals surface area contributed by atoms with Gasteiger partial charge in [0.2, 0.25) is 0 Å². The fourth-order valence-electron chi connectivity index (χ4n) is 0.655. The second kappa shape index (κ2) is 15.4. The zero-order chi connectivity index (χ0) is 18.3. The molecule has 0 aromatic rings. The minimum absolute atomic E-state index is 0.0301. The molecule has 0 aromatic carbocycles. The number of hydrogen-bond acceptors (Lipinski definition) is 7. The Bertz CT molecular complexity index is 264. The summed E-state index contributed by atoms with van der Waals surface area (Å²) in [5, 5.41) is 41.4. The predicted molar refractivity (Wildman–Crippen MR) is 90.8 cm³/mol. The van der Waals surface area contributed by atoms with Crippen molar-refractivity contribution in [1.29, 1.82) is 0 Å². The third-order valence-corrected chi connectivity index (χ3v) is 2.45. The highest BCUT2D eigenvalue weighted by molar-refractivity contribution is 7.81. The summed E-state index contributed by atoms with van der Waals surface area (Å²) in [6, 6.07) is 0. The van der Waals surface area contributed by atoms with Crippen LogP contribution < -0.4 is 0 Å². The first kappa shape index (κ1) is 26.4. The second-order valence-electron chi connectivity index (χ2n) is 5.18. The predicted octanol–water partition coefficient (Wildman–Crippen LogP) is 0.528. The van der Waals surface area contributed by atoms with E-state index in [-0.39, 0.29) is 43.2 Å². The van der Waals surface area contributed by atoms with Crippen molar-refractivity contribution in [2.24, 2.45) is 5.41 Å². The molecule has 22 heavy (non-hydrogen) atoms. The van der Waals surface area contributed by atoms with Crippen molar-refractivity contribution in [1.82, 2.24) is 0 Å². The van der Waals surface area contributed by atoms with E-state index in [1.807, 2.05) is 0 Å². The molecule has 9 heteroatoms. The van der Waals surface area contributed by atoms with E-state index in [0.717, 1.165) is 0 Å². The lowest BCUT2D eigenvalue weighted by Gasteiger charge is -2.20. The quantitative estimate of drug-likeness (QED) is 0.329. The van der Waals surface area contributed by atoms with Crippen molar-refractivity contribution in [2.45, 2.75) is 44.1 Å². The average molecular weight is 360 g/mol. The number of rotatable bonds is 7. The lowest BCUT2D eigenvalue weighted by Crippen LogP contribution is -2.29. The van der Waals surface area contributed by atoms with Crippen LogP contribution in [0.2, 0.25) is 0 Å². The van der Waals surface area contributed by atoms with E-state index >= 15 is 0 Å². The summed E-state index contributed by atoms with van der Waals surface area (Å²) >= 11 is 7.71. The van der Waals surface area contributed by atoms with Gasteiger partial charge in [-0.2, -0.15) is 25.3 Å². The summed E-state index contributed by atoms with van der Waals surface area (Å²) in [5.74, 6) is -1.58. The third kappa shape index (κ3) is 24.5. The lowest BCUT2D eigenvalue weighted by atomic mass is 9.95. The highest BCUT2D eigenvalue weighted by Gasteiger charge is 2.20. The maximum absolute atomic E-state index is 9.76. The van der Waals surface area contributed by atoms with E-state index < -0.39 is 17.4 Å². The molecule has 0 heterocycles. The van der Waals surface area contributed by atoms with Gasteiger partial charge in [-0.25, -0.2) is 0 Å². The van der Waals surface area contributed by atoms with Crippen molar-refractivity contribution < 1.29 is 35.1 Å². The number of aliphatic hydroxyl groups excluding tert-OH is 3. The summed E-state index contributed by atoms with van der Waals surface area (Å²) < 4.78 is 0. The fourth-order valence-corrected chi connectivity index (χ4v) is 0.968. The summed E-state index contributed by atoms with van der Waals surface area (Å²) in [6.45, 7) is 4.56. The molecule has 0 saturated carbocycles. The van der Waals surface area contributed by atoms with E-state index in [2.05, 4.69) is 25.3 Å². The van der Waals surface area contributed by atoms with Gasteiger partial charge < -0.3 is 25.5 Å². The maximum Gasteiger partial charge on any atom is 0.304 e. The summed E-state index contributed by atoms with van der Waals surface area (Å²) in [6.07, 6.45) is 0.284. The van der Waals surface area contributed by atoms with Gasteiger partial charge in [-0.15, -0.1) is 0 Å². The van der Waals surface area contributed by atoms with Gasteiger partial charge in [-0.05, 0) is 0 Å². The Morgan fingerprint density at radius 1 is 0.864 bits per heavy atom. The highest BCUT2D eigenvalue weighted by Crippen LogP contribution is 2.10. The molecule has 5 N–H and O–H groups in total. The van der Waals surface area contributed by atoms with Gasteiger partial charge in [0, 0.05) is 15.9 Å². The van der Waals surface area contributed by atoms with Crippen molar-refractivity contribution in [2.75, 3.05) is 19.8 Å². The van der Waals surface area contributed by atoms with Gasteiger partial charge in [0.25, 0.3) is 0 Å². The van der Waals surface area contributed by atoms with Crippen LogP contribution in [-0.2, 0) is 9.59 Å². The number of carboxylic acids is 2. The summed E-state index contributed by atoms with van der Waals surface area (Å²) in [5.41, 5.74) is -0.708. The number of thiol groups is 2. The Labute approximate surface area is 142 Å². The van der Waals surface area contributed by atoms with Crippen LogP contribution in [0, 0.1) is 5.41 Å². The molecular weight excluding hydrogens is 332 g/mol. The first-order chi connectivity index (χ1) is 9.93. The first-order valence-electron chi connectivity index (χ1n) is 6.56. The number of hydrogen-bond donors (Lipinski definition) is 7. The normalized spacial score (nSPS) is 12.9. The Morgan fingerprint density at radius 2 is 1.09 bits per heavy atom. The van der Waals surface area contributed by atoms with E-state index in [0.29, 0.717) is 0 Å². The van der Waals surface area contributed by atoms with Crippen LogP contribution in [0.3, 0.4) is 0 Å². The zero-order valence-electron chi connectivity index (χ0n) is 13.1. The lowest BCUT2D eigenvalue weighted by molar-refractivity contribution is -0.137. The van der Waals surface area contributed by atoms with Gasteiger partial charge in [0.1, 0.15) is 0 Å². The molecule has 0 aliphatic carbocycles. The molecular formula is C13H28O7S2. The molecule has 0 aliphatic rings. The van der Waals surface area contributed by atoms with Crippen molar-refractivity contribution in [3.05, 3.63) is 0 Å². The molecule has 2 atom stereocenters. The van der Waals surface area contributed by atoms with E-state index in [1.165, 1.54) is 0 Å². The third-order valence-electron chi connectivity index (χ3n) is 2.09. The topological polar surface area (TPSA) is 135 Å². The first-order valence-corrected chi connectivity index (χ1v) is 7.59. The van der Waals surface area contributed by atoms with Crippen LogP contribution in [0.1, 0.15) is 33.6 Å². The molecule has 7 nitrogen and oxygen atoms in total. The smallest absolute Gasteiger partial charge is 0.304 e. The van der Waals surface area contributed by atoms with Gasteiger partial charge in [0.05, 0.1) is 32.7 Å². The van der Waals surface area contributed by atoms with Crippen LogP contribution in [0.15, 0.2) is 0 Å². The van der Waals surface area contributed by atoms with Crippen LogP contribution >= 0.6 is 25.3 Å². The molecule has 0 saturated heterocycles. The minimum atomic E-state index is -0.789. The molecule has 0 aromatic heterocycles. The largest absolute Gasteiger partial charge is 0.481 e. The molecule has 0 aliphatic heterocycles. The van der Waals surface area contributed by atoms with Crippen molar-refractivity contribution in [3.8, 4) is 0 Å². The van der Waals surface area contributed by atoms with Gasteiger partial charge in [-0.3, -0.25) is 9.59 Å². The van der Waals surface area contributed by atoms with Crippen molar-refractivity contribution in [3.63, 3.8) is 0 Å². The Kier molecular flexibility index (Phi) is 18.5. The number of carboxylic acid groups (broad SMARTS) is 2. The SMILES string of the molecule is CC(CO)(CO)CO.CC(S)CC(=O)O.CC(S)CC(=O)O. The second-order valence-corrected chi connectivity index (χ2v) is 6.94. The maximum atomic E-state index is 9.76. The highest BCUT2D eigenvalue weighted by atomic mass is 32.1. The van der Waals surface area contributed by atoms with Crippen LogP contribution in [0.25, 0.3) is 0 Å². The number of aliphatic carboxylic acids is 2. The summed E-state index contributed by atoms with van der Waals surface area (Å²) in [7, 11) is 0. The average Bonchev–Trinajstić information content (AvgIpc) is 2.36.